The van der Waals surface area contributed by atoms with Crippen LogP contribution in [0.5, 0.6) is 5.75 Å². The largest absolute Gasteiger partial charge is 0.469 e. The summed E-state index contributed by atoms with van der Waals surface area (Å²) < 4.78 is 5.53. The Labute approximate surface area is 103 Å². The quantitative estimate of drug-likeness (QED) is 0.707. The first-order chi connectivity index (χ1) is 8.71. The minimum atomic E-state index is -0.606. The predicted octanol–water partition coefficient (Wildman–Crippen LogP) is 0.0431. The van der Waals surface area contributed by atoms with E-state index >= 15 is 0 Å². The van der Waals surface area contributed by atoms with Gasteiger partial charge >= 0.3 is 0 Å². The molecule has 1 N–H and O–H groups in total. The van der Waals surface area contributed by atoms with Crippen molar-refractivity contribution >= 4 is 17.5 Å². The predicted molar refractivity (Wildman–Crippen MR) is 60.8 cm³/mol. The third-order valence-corrected chi connectivity index (χ3v) is 4.12. The molecule has 0 atom stereocenters. The van der Waals surface area contributed by atoms with Gasteiger partial charge in [-0.15, -0.1) is 0 Å². The zero-order valence-corrected chi connectivity index (χ0v) is 9.55. The molecule has 1 aliphatic carbocycles. The van der Waals surface area contributed by atoms with Gasteiger partial charge in [0.05, 0.1) is 11.9 Å². The molecule has 2 bridgehead atoms. The number of piperidine rings is 2. The van der Waals surface area contributed by atoms with E-state index in [1.165, 1.54) is 0 Å². The summed E-state index contributed by atoms with van der Waals surface area (Å²) in [5.74, 6) is 0.314. The summed E-state index contributed by atoms with van der Waals surface area (Å²) in [6.07, 6.45) is 4.50. The molecule has 0 aromatic carbocycles. The van der Waals surface area contributed by atoms with Gasteiger partial charge in [0.1, 0.15) is 5.54 Å². The number of hydrogen-bond donors (Lipinski definition) is 1. The first kappa shape index (κ1) is 9.87. The summed E-state index contributed by atoms with van der Waals surface area (Å²) in [5, 5.41) is 2.44. The maximum Gasteiger partial charge on any atom is 0.252 e. The summed E-state index contributed by atoms with van der Waals surface area (Å²) in [5.41, 5.74) is 0.276. The van der Waals surface area contributed by atoms with Crippen LogP contribution in [0.3, 0.4) is 0 Å². The van der Waals surface area contributed by atoms with Crippen molar-refractivity contribution in [1.29, 1.82) is 0 Å². The number of imide groups is 1. The number of nitrogens with one attached hydrogen (secondary N) is 1. The second kappa shape index (κ2) is 3.01. The minimum absolute atomic E-state index is 0.0337. The van der Waals surface area contributed by atoms with Crippen molar-refractivity contribution in [2.45, 2.75) is 18.4 Å². The normalized spacial score (nSPS) is 32.4. The van der Waals surface area contributed by atoms with E-state index in [9.17, 15) is 9.59 Å². The number of aromatic nitrogens is 1. The number of anilines is 1. The van der Waals surface area contributed by atoms with Crippen molar-refractivity contribution in [2.24, 2.45) is 5.92 Å². The minimum Gasteiger partial charge on any atom is -0.469 e. The van der Waals surface area contributed by atoms with E-state index in [0.29, 0.717) is 25.3 Å². The Balaban J connectivity index is 1.74. The lowest BCUT2D eigenvalue weighted by Crippen LogP contribution is -2.73. The van der Waals surface area contributed by atoms with Gasteiger partial charge in [-0.25, -0.2) is 0 Å². The molecule has 0 radical (unpaired) electrons. The van der Waals surface area contributed by atoms with E-state index in [1.54, 1.807) is 12.4 Å². The van der Waals surface area contributed by atoms with Gasteiger partial charge in [-0.2, -0.15) is 0 Å². The van der Waals surface area contributed by atoms with Crippen molar-refractivity contribution in [3.63, 3.8) is 0 Å². The summed E-state index contributed by atoms with van der Waals surface area (Å²) >= 11 is 0. The van der Waals surface area contributed by atoms with Gasteiger partial charge in [-0.05, 0) is 18.9 Å². The van der Waals surface area contributed by atoms with Crippen LogP contribution >= 0.6 is 0 Å². The van der Waals surface area contributed by atoms with E-state index in [4.69, 9.17) is 4.74 Å². The highest BCUT2D eigenvalue weighted by Gasteiger charge is 2.62. The third kappa shape index (κ3) is 1.01. The lowest BCUT2D eigenvalue weighted by atomic mass is 9.63. The molecule has 6 nitrogen and oxygen atoms in total. The molecule has 4 aliphatic rings. The maximum atomic E-state index is 12.1. The number of hydrogen-bond acceptors (Lipinski definition) is 5. The van der Waals surface area contributed by atoms with Crippen molar-refractivity contribution in [3.8, 4) is 5.75 Å². The number of nitrogens with zero attached hydrogens (tertiary/aromatic N) is 2. The molecule has 3 fully saturated rings. The number of ether oxygens (including phenoxy) is 1. The summed E-state index contributed by atoms with van der Waals surface area (Å²) in [7, 11) is 0. The Morgan fingerprint density at radius 1 is 1.44 bits per heavy atom. The Hall–Kier alpha value is -2.11. The number of pyridine rings is 1. The van der Waals surface area contributed by atoms with Crippen LogP contribution in [0.1, 0.15) is 12.8 Å². The van der Waals surface area contributed by atoms with E-state index in [0.717, 1.165) is 5.69 Å². The van der Waals surface area contributed by atoms with Crippen molar-refractivity contribution in [1.82, 2.24) is 10.3 Å². The lowest BCUT2D eigenvalue weighted by Gasteiger charge is -2.54. The Morgan fingerprint density at radius 2 is 2.28 bits per heavy atom. The van der Waals surface area contributed by atoms with Gasteiger partial charge in [0.25, 0.3) is 5.91 Å². The topological polar surface area (TPSA) is 71.5 Å². The van der Waals surface area contributed by atoms with Gasteiger partial charge in [0.2, 0.25) is 5.91 Å². The number of amides is 2. The molecule has 18 heavy (non-hydrogen) atoms. The smallest absolute Gasteiger partial charge is 0.252 e. The molecular weight excluding hydrogens is 234 g/mol. The molecule has 2 amide bonds. The van der Waals surface area contributed by atoms with Crippen LogP contribution in [-0.2, 0) is 9.59 Å². The maximum absolute atomic E-state index is 12.1. The Bertz CT molecular complexity index is 565. The molecule has 2 saturated heterocycles. The second-order valence-corrected chi connectivity index (χ2v) is 5.00. The van der Waals surface area contributed by atoms with Crippen LogP contribution in [0.25, 0.3) is 0 Å². The monoisotopic (exact) mass is 245 g/mol. The summed E-state index contributed by atoms with van der Waals surface area (Å²) in [4.78, 5) is 29.5. The second-order valence-electron chi connectivity index (χ2n) is 5.00. The Morgan fingerprint density at radius 3 is 3.06 bits per heavy atom. The number of rotatable bonds is 1. The van der Waals surface area contributed by atoms with Gasteiger partial charge in [-0.3, -0.25) is 19.9 Å². The van der Waals surface area contributed by atoms with Crippen LogP contribution in [0.2, 0.25) is 0 Å². The summed E-state index contributed by atoms with van der Waals surface area (Å²) in [6, 6.07) is 1.84. The van der Waals surface area contributed by atoms with Crippen LogP contribution in [-0.4, -0.2) is 29.1 Å². The highest BCUT2D eigenvalue weighted by atomic mass is 16.5. The molecule has 1 aromatic rings. The molecule has 92 valence electrons. The molecular formula is C12H11N3O3. The molecule has 6 heteroatoms. The number of carbonyl (C=O) groups excluding carboxylic acids is 2. The van der Waals surface area contributed by atoms with Crippen molar-refractivity contribution in [2.75, 3.05) is 11.6 Å². The molecule has 5 rings (SSSR count). The molecule has 1 aromatic heterocycles. The van der Waals surface area contributed by atoms with Gasteiger partial charge in [0, 0.05) is 12.1 Å². The fourth-order valence-electron chi connectivity index (χ4n) is 3.06. The van der Waals surface area contributed by atoms with Gasteiger partial charge in [0.15, 0.2) is 12.5 Å². The average Bonchev–Trinajstić information content (AvgIpc) is 2.71. The summed E-state index contributed by atoms with van der Waals surface area (Å²) in [6.45, 7) is 0.343. The molecule has 4 heterocycles. The molecule has 0 spiro atoms. The van der Waals surface area contributed by atoms with Crippen LogP contribution in [0.4, 0.5) is 5.69 Å². The van der Waals surface area contributed by atoms with E-state index in [1.807, 2.05) is 11.0 Å². The molecule has 3 aliphatic heterocycles. The lowest BCUT2D eigenvalue weighted by molar-refractivity contribution is -0.150. The fraction of sp³-hybridized carbons (Fsp3) is 0.417. The zero-order chi connectivity index (χ0) is 12.3. The highest BCUT2D eigenvalue weighted by molar-refractivity contribution is 6.09. The third-order valence-electron chi connectivity index (χ3n) is 4.12. The van der Waals surface area contributed by atoms with Crippen molar-refractivity contribution < 1.29 is 14.3 Å². The zero-order valence-electron chi connectivity index (χ0n) is 9.55. The first-order valence-electron chi connectivity index (χ1n) is 5.90. The standard InChI is InChI=1S/C12H11N3O3/c16-10-7-3-12(4-7,11(17)14-10)15-6-18-9-5-13-2-1-8(9)15/h1-2,5,7H,3-4,6H2,(H,14,16,17). The average molecular weight is 245 g/mol. The number of carbonyl (C=O) groups is 2. The van der Waals surface area contributed by atoms with Crippen molar-refractivity contribution in [3.05, 3.63) is 18.5 Å². The van der Waals surface area contributed by atoms with Gasteiger partial charge in [-0.1, -0.05) is 0 Å². The highest BCUT2D eigenvalue weighted by Crippen LogP contribution is 2.50. The Kier molecular flexibility index (Phi) is 1.65. The molecule has 0 unspecified atom stereocenters. The van der Waals surface area contributed by atoms with E-state index in [2.05, 4.69) is 10.3 Å². The molecule has 1 saturated carbocycles. The van der Waals surface area contributed by atoms with Crippen LogP contribution in [0.15, 0.2) is 18.5 Å². The number of fused-ring (bicyclic) bond motifs is 3. The first-order valence-corrected chi connectivity index (χ1v) is 5.90. The van der Waals surface area contributed by atoms with Crippen LogP contribution in [0, 0.1) is 5.92 Å². The fourth-order valence-corrected chi connectivity index (χ4v) is 3.06. The van der Waals surface area contributed by atoms with E-state index in [-0.39, 0.29) is 17.7 Å². The van der Waals surface area contributed by atoms with Gasteiger partial charge < -0.3 is 9.64 Å². The van der Waals surface area contributed by atoms with Crippen LogP contribution < -0.4 is 15.0 Å². The SMILES string of the molecule is O=C1NC(=O)C2(N3COc4cnccc43)CC1C2. The van der Waals surface area contributed by atoms with E-state index < -0.39 is 5.54 Å².